The molecule has 0 unspecified atom stereocenters. The lowest BCUT2D eigenvalue weighted by Crippen LogP contribution is -2.22. The summed E-state index contributed by atoms with van der Waals surface area (Å²) in [5.74, 6) is 0.419. The molecule has 2 aromatic heterocycles. The van der Waals surface area contributed by atoms with Crippen LogP contribution in [0.4, 0.5) is 5.69 Å². The number of anilines is 1. The van der Waals surface area contributed by atoms with Crippen molar-refractivity contribution in [2.75, 3.05) is 11.1 Å². The van der Waals surface area contributed by atoms with Crippen LogP contribution in [-0.2, 0) is 11.3 Å². The van der Waals surface area contributed by atoms with Crippen LogP contribution in [0.1, 0.15) is 21.7 Å². The van der Waals surface area contributed by atoms with Crippen molar-refractivity contribution in [1.29, 1.82) is 5.26 Å². The van der Waals surface area contributed by atoms with Crippen LogP contribution in [0.25, 0.3) is 5.69 Å². The number of nitriles is 1. The SMILES string of the molecule is N#Cc1ccc(NC(=O)CSc2nccn2-c2cccc(C(=O)NCc3ccco3)c2)cc1. The number of aromatic nitrogens is 2. The van der Waals surface area contributed by atoms with Crippen LogP contribution in [0.5, 0.6) is 0 Å². The fourth-order valence-electron chi connectivity index (χ4n) is 3.03. The molecule has 2 N–H and O–H groups in total. The molecule has 2 aromatic carbocycles. The number of thioether (sulfide) groups is 1. The maximum absolute atomic E-state index is 12.5. The fraction of sp³-hybridized carbons (Fsp3) is 0.0833. The Kier molecular flexibility index (Phi) is 6.87. The number of furan rings is 1. The maximum atomic E-state index is 12.5. The number of amides is 2. The molecule has 0 saturated carbocycles. The Morgan fingerprint density at radius 1 is 1.12 bits per heavy atom. The highest BCUT2D eigenvalue weighted by molar-refractivity contribution is 7.99. The number of nitrogens with one attached hydrogen (secondary N) is 2. The van der Waals surface area contributed by atoms with E-state index in [2.05, 4.69) is 15.6 Å². The molecule has 164 valence electrons. The van der Waals surface area contributed by atoms with Crippen molar-refractivity contribution in [2.24, 2.45) is 0 Å². The van der Waals surface area contributed by atoms with Crippen LogP contribution < -0.4 is 10.6 Å². The molecule has 33 heavy (non-hydrogen) atoms. The molecule has 0 saturated heterocycles. The van der Waals surface area contributed by atoms with E-state index in [1.54, 1.807) is 73.3 Å². The summed E-state index contributed by atoms with van der Waals surface area (Å²) in [6.45, 7) is 0.302. The third kappa shape index (κ3) is 5.70. The van der Waals surface area contributed by atoms with Gasteiger partial charge in [-0.2, -0.15) is 5.26 Å². The number of carbonyl (C=O) groups excluding carboxylic acids is 2. The Bertz CT molecular complexity index is 1290. The number of benzene rings is 2. The largest absolute Gasteiger partial charge is 0.467 e. The van der Waals surface area contributed by atoms with Gasteiger partial charge in [0.2, 0.25) is 5.91 Å². The Morgan fingerprint density at radius 2 is 1.97 bits per heavy atom. The number of hydrogen-bond acceptors (Lipinski definition) is 6. The second kappa shape index (κ2) is 10.3. The van der Waals surface area contributed by atoms with Crippen LogP contribution in [0.2, 0.25) is 0 Å². The number of carbonyl (C=O) groups is 2. The first-order chi connectivity index (χ1) is 16.1. The van der Waals surface area contributed by atoms with Crippen molar-refractivity contribution >= 4 is 29.3 Å². The third-order valence-corrected chi connectivity index (χ3v) is 5.59. The number of nitrogens with zero attached hydrogens (tertiary/aromatic N) is 3. The average molecular weight is 458 g/mol. The molecule has 0 aliphatic rings. The average Bonchev–Trinajstić information content (AvgIpc) is 3.54. The van der Waals surface area contributed by atoms with Crippen molar-refractivity contribution < 1.29 is 14.0 Å². The number of rotatable bonds is 8. The predicted molar refractivity (Wildman–Crippen MR) is 124 cm³/mol. The smallest absolute Gasteiger partial charge is 0.251 e. The van der Waals surface area contributed by atoms with E-state index in [1.807, 2.05) is 16.7 Å². The van der Waals surface area contributed by atoms with Crippen LogP contribution in [0.3, 0.4) is 0 Å². The molecule has 4 rings (SSSR count). The highest BCUT2D eigenvalue weighted by Gasteiger charge is 2.12. The van der Waals surface area contributed by atoms with E-state index in [-0.39, 0.29) is 17.6 Å². The first kappa shape index (κ1) is 21.9. The quantitative estimate of drug-likeness (QED) is 0.387. The van der Waals surface area contributed by atoms with E-state index in [1.165, 1.54) is 11.8 Å². The van der Waals surface area contributed by atoms with E-state index >= 15 is 0 Å². The molecule has 2 heterocycles. The van der Waals surface area contributed by atoms with Crippen molar-refractivity contribution in [3.63, 3.8) is 0 Å². The fourth-order valence-corrected chi connectivity index (χ4v) is 3.80. The minimum absolute atomic E-state index is 0.153. The van der Waals surface area contributed by atoms with Crippen LogP contribution in [-0.4, -0.2) is 27.1 Å². The lowest BCUT2D eigenvalue weighted by molar-refractivity contribution is -0.113. The van der Waals surface area contributed by atoms with Crippen molar-refractivity contribution in [3.05, 3.63) is 96.2 Å². The van der Waals surface area contributed by atoms with E-state index in [9.17, 15) is 9.59 Å². The van der Waals surface area contributed by atoms with Gasteiger partial charge in [-0.05, 0) is 54.6 Å². The molecule has 9 heteroatoms. The van der Waals surface area contributed by atoms with E-state index < -0.39 is 0 Å². The van der Waals surface area contributed by atoms with Gasteiger partial charge in [-0.1, -0.05) is 17.8 Å². The number of imidazole rings is 1. The zero-order chi connectivity index (χ0) is 23.0. The predicted octanol–water partition coefficient (Wildman–Crippen LogP) is 4.00. The maximum Gasteiger partial charge on any atom is 0.251 e. The standard InChI is InChI=1S/C24H19N5O3S/c25-14-17-6-8-19(9-7-17)28-22(30)16-33-24-26-10-11-29(24)20-4-1-3-18(13-20)23(31)27-15-21-5-2-12-32-21/h1-13H,15-16H2,(H,27,31)(H,28,30). The van der Waals surface area contributed by atoms with Crippen molar-refractivity contribution in [2.45, 2.75) is 11.7 Å². The first-order valence-corrected chi connectivity index (χ1v) is 11.0. The van der Waals surface area contributed by atoms with Gasteiger partial charge in [-0.15, -0.1) is 0 Å². The Hall–Kier alpha value is -4.29. The minimum atomic E-state index is -0.218. The molecule has 2 amide bonds. The zero-order valence-electron chi connectivity index (χ0n) is 17.4. The first-order valence-electron chi connectivity index (χ1n) is 9.99. The van der Waals surface area contributed by atoms with Crippen LogP contribution in [0.15, 0.2) is 88.9 Å². The molecule has 0 radical (unpaired) electrons. The third-order valence-electron chi connectivity index (χ3n) is 4.63. The van der Waals surface area contributed by atoms with Gasteiger partial charge in [0.05, 0.1) is 30.2 Å². The van der Waals surface area contributed by atoms with Gasteiger partial charge in [0.25, 0.3) is 5.91 Å². The van der Waals surface area contributed by atoms with Gasteiger partial charge in [0.1, 0.15) is 5.76 Å². The summed E-state index contributed by atoms with van der Waals surface area (Å²) in [4.78, 5) is 29.2. The van der Waals surface area contributed by atoms with E-state index in [4.69, 9.17) is 9.68 Å². The number of hydrogen-bond donors (Lipinski definition) is 2. The van der Waals surface area contributed by atoms with Gasteiger partial charge in [0.15, 0.2) is 5.16 Å². The van der Waals surface area contributed by atoms with E-state index in [0.29, 0.717) is 34.3 Å². The molecule has 0 spiro atoms. The Balaban J connectivity index is 1.38. The summed E-state index contributed by atoms with van der Waals surface area (Å²) in [6.07, 6.45) is 4.98. The molecular formula is C24H19N5O3S. The second-order valence-electron chi connectivity index (χ2n) is 6.92. The lowest BCUT2D eigenvalue weighted by atomic mass is 10.2. The highest BCUT2D eigenvalue weighted by Crippen LogP contribution is 2.22. The van der Waals surface area contributed by atoms with Crippen LogP contribution >= 0.6 is 11.8 Å². The topological polar surface area (TPSA) is 113 Å². The van der Waals surface area contributed by atoms with Gasteiger partial charge in [0, 0.05) is 29.3 Å². The van der Waals surface area contributed by atoms with Crippen molar-refractivity contribution in [3.8, 4) is 11.8 Å². The minimum Gasteiger partial charge on any atom is -0.467 e. The molecular weight excluding hydrogens is 438 g/mol. The van der Waals surface area contributed by atoms with Crippen molar-refractivity contribution in [1.82, 2.24) is 14.9 Å². The monoisotopic (exact) mass is 457 g/mol. The molecule has 0 aliphatic heterocycles. The molecule has 8 nitrogen and oxygen atoms in total. The lowest BCUT2D eigenvalue weighted by Gasteiger charge is -2.10. The summed E-state index contributed by atoms with van der Waals surface area (Å²) in [5.41, 5.74) is 2.41. The molecule has 0 aliphatic carbocycles. The Labute approximate surface area is 194 Å². The molecule has 4 aromatic rings. The van der Waals surface area contributed by atoms with Gasteiger partial charge < -0.3 is 15.1 Å². The molecule has 0 bridgehead atoms. The van der Waals surface area contributed by atoms with E-state index in [0.717, 1.165) is 5.69 Å². The summed E-state index contributed by atoms with van der Waals surface area (Å²) in [5, 5.41) is 15.1. The zero-order valence-corrected chi connectivity index (χ0v) is 18.2. The van der Waals surface area contributed by atoms with Crippen LogP contribution in [0, 0.1) is 11.3 Å². The van der Waals surface area contributed by atoms with Gasteiger partial charge in [-0.25, -0.2) is 4.98 Å². The summed E-state index contributed by atoms with van der Waals surface area (Å²) < 4.78 is 7.06. The van der Waals surface area contributed by atoms with Gasteiger partial charge >= 0.3 is 0 Å². The Morgan fingerprint density at radius 3 is 2.73 bits per heavy atom. The highest BCUT2D eigenvalue weighted by atomic mass is 32.2. The molecule has 0 atom stereocenters. The molecule has 0 fully saturated rings. The normalized spacial score (nSPS) is 10.4. The van der Waals surface area contributed by atoms with Gasteiger partial charge in [-0.3, -0.25) is 14.2 Å². The summed E-state index contributed by atoms with van der Waals surface area (Å²) in [6, 6.07) is 19.4. The summed E-state index contributed by atoms with van der Waals surface area (Å²) >= 11 is 1.28. The second-order valence-corrected chi connectivity index (χ2v) is 7.86. The summed E-state index contributed by atoms with van der Waals surface area (Å²) in [7, 11) is 0.